The minimum atomic E-state index is -3.00. The van der Waals surface area contributed by atoms with Crippen LogP contribution in [0.15, 0.2) is 0 Å². The molecular weight excluding hydrogens is 252 g/mol. The number of rotatable bonds is 3. The fourth-order valence-electron chi connectivity index (χ4n) is 1.58. The second-order valence-corrected chi connectivity index (χ2v) is 6.70. The van der Waals surface area contributed by atoms with E-state index in [2.05, 4.69) is 10.6 Å². The first-order valence-electron chi connectivity index (χ1n) is 4.71. The molecule has 0 amide bonds. The zero-order chi connectivity index (χ0) is 12.4. The first kappa shape index (κ1) is 13.2. The Labute approximate surface area is 99.3 Å². The number of carboxylic acid groups (broad SMARTS) is 1. The van der Waals surface area contributed by atoms with E-state index < -0.39 is 21.3 Å². The van der Waals surface area contributed by atoms with Crippen LogP contribution in [0.4, 0.5) is 0 Å². The summed E-state index contributed by atoms with van der Waals surface area (Å²) in [7, 11) is -3.00. The SMILES string of the molecule is C[C@]1(NC(=S)NCC(=O)O)CCS(=O)(=O)C1. The topological polar surface area (TPSA) is 95.5 Å². The van der Waals surface area contributed by atoms with Crippen molar-refractivity contribution in [2.24, 2.45) is 0 Å². The van der Waals surface area contributed by atoms with Crippen LogP contribution in [0.3, 0.4) is 0 Å². The molecule has 92 valence electrons. The second-order valence-electron chi connectivity index (χ2n) is 4.10. The summed E-state index contributed by atoms with van der Waals surface area (Å²) in [4.78, 5) is 10.3. The number of nitrogens with one attached hydrogen (secondary N) is 2. The van der Waals surface area contributed by atoms with Gasteiger partial charge < -0.3 is 15.7 Å². The lowest BCUT2D eigenvalue weighted by atomic mass is 10.0. The molecular formula is C8H14N2O4S2. The molecule has 0 saturated carbocycles. The van der Waals surface area contributed by atoms with E-state index >= 15 is 0 Å². The number of sulfone groups is 1. The molecule has 1 atom stereocenters. The Kier molecular flexibility index (Phi) is 3.74. The monoisotopic (exact) mass is 266 g/mol. The first-order chi connectivity index (χ1) is 7.22. The lowest BCUT2D eigenvalue weighted by Gasteiger charge is -2.25. The molecule has 1 aliphatic rings. The summed E-state index contributed by atoms with van der Waals surface area (Å²) >= 11 is 4.88. The Hall–Kier alpha value is -0.890. The predicted octanol–water partition coefficient (Wildman–Crippen LogP) is -0.888. The number of carboxylic acids is 1. The van der Waals surface area contributed by atoms with Gasteiger partial charge in [-0.2, -0.15) is 0 Å². The zero-order valence-corrected chi connectivity index (χ0v) is 10.4. The normalized spacial score (nSPS) is 27.3. The van der Waals surface area contributed by atoms with Crippen LogP contribution >= 0.6 is 12.2 Å². The maximum atomic E-state index is 11.3. The van der Waals surface area contributed by atoms with E-state index in [-0.39, 0.29) is 23.2 Å². The van der Waals surface area contributed by atoms with Crippen LogP contribution in [-0.4, -0.2) is 48.2 Å². The molecule has 0 aromatic carbocycles. The molecule has 3 N–H and O–H groups in total. The molecule has 6 nitrogen and oxygen atoms in total. The van der Waals surface area contributed by atoms with Gasteiger partial charge in [0.05, 0.1) is 17.0 Å². The quantitative estimate of drug-likeness (QED) is 0.570. The number of thiocarbonyl (C=S) groups is 1. The maximum absolute atomic E-state index is 11.3. The Bertz CT molecular complexity index is 406. The molecule has 1 aliphatic heterocycles. The van der Waals surface area contributed by atoms with Crippen LogP contribution in [-0.2, 0) is 14.6 Å². The highest BCUT2D eigenvalue weighted by molar-refractivity contribution is 7.91. The maximum Gasteiger partial charge on any atom is 0.322 e. The molecule has 0 spiro atoms. The molecule has 0 aliphatic carbocycles. The van der Waals surface area contributed by atoms with Crippen molar-refractivity contribution in [1.82, 2.24) is 10.6 Å². The van der Waals surface area contributed by atoms with Crippen molar-refractivity contribution in [3.05, 3.63) is 0 Å². The van der Waals surface area contributed by atoms with E-state index in [4.69, 9.17) is 17.3 Å². The number of hydrogen-bond donors (Lipinski definition) is 3. The van der Waals surface area contributed by atoms with Crippen LogP contribution in [0.2, 0.25) is 0 Å². The molecule has 0 radical (unpaired) electrons. The average Bonchev–Trinajstić information content (AvgIpc) is 2.37. The molecule has 16 heavy (non-hydrogen) atoms. The van der Waals surface area contributed by atoms with Crippen molar-refractivity contribution < 1.29 is 18.3 Å². The minimum Gasteiger partial charge on any atom is -0.480 e. The van der Waals surface area contributed by atoms with Gasteiger partial charge in [0, 0.05) is 0 Å². The van der Waals surface area contributed by atoms with Gasteiger partial charge in [0.1, 0.15) is 6.54 Å². The van der Waals surface area contributed by atoms with Gasteiger partial charge in [0.15, 0.2) is 14.9 Å². The highest BCUT2D eigenvalue weighted by Crippen LogP contribution is 2.22. The Morgan fingerprint density at radius 1 is 1.56 bits per heavy atom. The molecule has 1 fully saturated rings. The lowest BCUT2D eigenvalue weighted by molar-refractivity contribution is -0.135. The van der Waals surface area contributed by atoms with Crippen molar-refractivity contribution >= 4 is 33.1 Å². The molecule has 0 bridgehead atoms. The molecule has 1 saturated heterocycles. The smallest absolute Gasteiger partial charge is 0.322 e. The van der Waals surface area contributed by atoms with Crippen molar-refractivity contribution in [1.29, 1.82) is 0 Å². The standard InChI is InChI=1S/C8H14N2O4S2/c1-8(2-3-16(13,14)5-8)10-7(15)9-4-6(11)12/h2-5H2,1H3,(H,11,12)(H2,9,10,15)/t8-/m0/s1. The van der Waals surface area contributed by atoms with Crippen LogP contribution in [0, 0.1) is 0 Å². The van der Waals surface area contributed by atoms with Crippen LogP contribution in [0.5, 0.6) is 0 Å². The van der Waals surface area contributed by atoms with Crippen molar-refractivity contribution in [2.75, 3.05) is 18.1 Å². The van der Waals surface area contributed by atoms with Gasteiger partial charge in [-0.15, -0.1) is 0 Å². The third kappa shape index (κ3) is 3.93. The zero-order valence-electron chi connectivity index (χ0n) is 8.82. The van der Waals surface area contributed by atoms with Gasteiger partial charge in [-0.3, -0.25) is 4.79 Å². The molecule has 0 aromatic heterocycles. The first-order valence-corrected chi connectivity index (χ1v) is 6.94. The van der Waals surface area contributed by atoms with Gasteiger partial charge in [0.2, 0.25) is 0 Å². The molecule has 1 heterocycles. The van der Waals surface area contributed by atoms with Gasteiger partial charge in [-0.25, -0.2) is 8.42 Å². The minimum absolute atomic E-state index is 0.0227. The highest BCUT2D eigenvalue weighted by Gasteiger charge is 2.38. The van der Waals surface area contributed by atoms with Gasteiger partial charge in [-0.1, -0.05) is 0 Å². The Morgan fingerprint density at radius 3 is 2.62 bits per heavy atom. The fourth-order valence-corrected chi connectivity index (χ4v) is 3.99. The van der Waals surface area contributed by atoms with Gasteiger partial charge >= 0.3 is 5.97 Å². The summed E-state index contributed by atoms with van der Waals surface area (Å²) in [5.41, 5.74) is -0.596. The summed E-state index contributed by atoms with van der Waals surface area (Å²) in [5, 5.41) is 13.9. The van der Waals surface area contributed by atoms with Crippen LogP contribution in [0.25, 0.3) is 0 Å². The number of carbonyl (C=O) groups is 1. The number of aliphatic carboxylic acids is 1. The van der Waals surface area contributed by atoms with Crippen LogP contribution in [0.1, 0.15) is 13.3 Å². The lowest BCUT2D eigenvalue weighted by Crippen LogP contribution is -2.51. The average molecular weight is 266 g/mol. The molecule has 0 aromatic rings. The Morgan fingerprint density at radius 2 is 2.19 bits per heavy atom. The largest absolute Gasteiger partial charge is 0.480 e. The third-order valence-electron chi connectivity index (χ3n) is 2.32. The van der Waals surface area contributed by atoms with Crippen molar-refractivity contribution in [2.45, 2.75) is 18.9 Å². The molecule has 0 unspecified atom stereocenters. The highest BCUT2D eigenvalue weighted by atomic mass is 32.2. The summed E-state index contributed by atoms with van der Waals surface area (Å²) in [6.07, 6.45) is 0.476. The second kappa shape index (κ2) is 4.54. The van der Waals surface area contributed by atoms with Crippen molar-refractivity contribution in [3.8, 4) is 0 Å². The Balaban J connectivity index is 2.48. The van der Waals surface area contributed by atoms with E-state index in [1.165, 1.54) is 0 Å². The van der Waals surface area contributed by atoms with E-state index in [9.17, 15) is 13.2 Å². The number of hydrogen-bond acceptors (Lipinski definition) is 4. The summed E-state index contributed by atoms with van der Waals surface area (Å²) in [6.45, 7) is 1.47. The summed E-state index contributed by atoms with van der Waals surface area (Å²) in [5.74, 6) is -0.860. The van der Waals surface area contributed by atoms with Gasteiger partial charge in [-0.05, 0) is 25.6 Å². The van der Waals surface area contributed by atoms with Gasteiger partial charge in [0.25, 0.3) is 0 Å². The summed E-state index contributed by atoms with van der Waals surface area (Å²) in [6, 6.07) is 0. The van der Waals surface area contributed by atoms with E-state index in [0.29, 0.717) is 6.42 Å². The van der Waals surface area contributed by atoms with E-state index in [1.54, 1.807) is 6.92 Å². The van der Waals surface area contributed by atoms with E-state index in [1.807, 2.05) is 0 Å². The van der Waals surface area contributed by atoms with Crippen molar-refractivity contribution in [3.63, 3.8) is 0 Å². The van der Waals surface area contributed by atoms with E-state index in [0.717, 1.165) is 0 Å². The summed E-state index contributed by atoms with van der Waals surface area (Å²) < 4.78 is 22.6. The van der Waals surface area contributed by atoms with Crippen LogP contribution < -0.4 is 10.6 Å². The fraction of sp³-hybridized carbons (Fsp3) is 0.750. The molecule has 1 rings (SSSR count). The predicted molar refractivity (Wildman–Crippen MR) is 63.0 cm³/mol. The third-order valence-corrected chi connectivity index (χ3v) is 4.47. The molecule has 8 heteroatoms.